The Labute approximate surface area is 177 Å². The van der Waals surface area contributed by atoms with Crippen LogP contribution in [0.1, 0.15) is 27.8 Å². The highest BCUT2D eigenvalue weighted by Gasteiger charge is 2.03. The average Bonchev–Trinajstić information content (AvgIpc) is 2.75. The lowest BCUT2D eigenvalue weighted by Gasteiger charge is -2.07. The monoisotopic (exact) mass is 402 g/mol. The topological polar surface area (TPSA) is 59.9 Å². The Morgan fingerprint density at radius 3 is 2.27 bits per heavy atom. The average molecular weight is 402 g/mol. The Morgan fingerprint density at radius 1 is 0.867 bits per heavy atom. The Bertz CT molecular complexity index is 1010. The Morgan fingerprint density at radius 2 is 1.57 bits per heavy atom. The molecule has 0 radical (unpaired) electrons. The van der Waals surface area contributed by atoms with E-state index in [9.17, 15) is 4.79 Å². The summed E-state index contributed by atoms with van der Waals surface area (Å²) in [5.74, 6) is 1.12. The van der Waals surface area contributed by atoms with Gasteiger partial charge in [-0.25, -0.2) is 5.43 Å². The summed E-state index contributed by atoms with van der Waals surface area (Å²) >= 11 is 0. The van der Waals surface area contributed by atoms with Gasteiger partial charge in [-0.15, -0.1) is 0 Å². The molecule has 0 saturated heterocycles. The molecule has 5 heteroatoms. The van der Waals surface area contributed by atoms with Crippen LogP contribution in [0.5, 0.6) is 11.5 Å². The zero-order valence-electron chi connectivity index (χ0n) is 17.5. The molecule has 3 rings (SSSR count). The molecular formula is C25H26N2O3. The maximum absolute atomic E-state index is 11.9. The predicted molar refractivity (Wildman–Crippen MR) is 119 cm³/mol. The molecule has 30 heavy (non-hydrogen) atoms. The second-order valence-electron chi connectivity index (χ2n) is 7.17. The third-order valence-corrected chi connectivity index (χ3v) is 4.66. The Hall–Kier alpha value is -3.60. The van der Waals surface area contributed by atoms with Gasteiger partial charge in [0.05, 0.1) is 6.21 Å². The van der Waals surface area contributed by atoms with Gasteiger partial charge in [0.15, 0.2) is 6.61 Å². The van der Waals surface area contributed by atoms with E-state index in [1.165, 1.54) is 11.1 Å². The molecule has 1 amide bonds. The molecule has 154 valence electrons. The molecule has 0 fully saturated rings. The van der Waals surface area contributed by atoms with Crippen molar-refractivity contribution < 1.29 is 14.3 Å². The molecule has 0 atom stereocenters. The van der Waals surface area contributed by atoms with E-state index in [2.05, 4.69) is 41.7 Å². The number of hydrogen-bond donors (Lipinski definition) is 1. The van der Waals surface area contributed by atoms with Crippen LogP contribution in [0.3, 0.4) is 0 Å². The van der Waals surface area contributed by atoms with E-state index in [-0.39, 0.29) is 12.5 Å². The van der Waals surface area contributed by atoms with Crippen LogP contribution in [0.25, 0.3) is 0 Å². The zero-order valence-corrected chi connectivity index (χ0v) is 17.5. The Kier molecular flexibility index (Phi) is 7.22. The maximum Gasteiger partial charge on any atom is 0.277 e. The van der Waals surface area contributed by atoms with Crippen LogP contribution in [0.2, 0.25) is 0 Å². The zero-order chi connectivity index (χ0) is 21.3. The number of hydrogen-bond acceptors (Lipinski definition) is 4. The van der Waals surface area contributed by atoms with Crippen LogP contribution in [0.4, 0.5) is 0 Å². The van der Waals surface area contributed by atoms with E-state index in [4.69, 9.17) is 9.47 Å². The molecule has 5 nitrogen and oxygen atoms in total. The van der Waals surface area contributed by atoms with Crippen molar-refractivity contribution in [1.29, 1.82) is 0 Å². The summed E-state index contributed by atoms with van der Waals surface area (Å²) in [5.41, 5.74) is 7.98. The van der Waals surface area contributed by atoms with Crippen molar-refractivity contribution in [3.05, 3.63) is 94.5 Å². The summed E-state index contributed by atoms with van der Waals surface area (Å²) in [6, 6.07) is 21.5. The third kappa shape index (κ3) is 6.48. The summed E-state index contributed by atoms with van der Waals surface area (Å²) in [7, 11) is 0. The number of rotatable bonds is 8. The number of nitrogens with one attached hydrogen (secondary N) is 1. The first-order chi connectivity index (χ1) is 14.5. The van der Waals surface area contributed by atoms with E-state index in [0.29, 0.717) is 12.4 Å². The molecule has 0 spiro atoms. The molecule has 0 bridgehead atoms. The van der Waals surface area contributed by atoms with Gasteiger partial charge in [0.25, 0.3) is 5.91 Å². The minimum Gasteiger partial charge on any atom is -0.489 e. The van der Waals surface area contributed by atoms with Crippen molar-refractivity contribution in [2.24, 2.45) is 5.10 Å². The minimum absolute atomic E-state index is 0.0916. The number of hydrazone groups is 1. The van der Waals surface area contributed by atoms with Crippen LogP contribution in [0, 0.1) is 20.8 Å². The lowest BCUT2D eigenvalue weighted by atomic mass is 10.1. The van der Waals surface area contributed by atoms with Gasteiger partial charge in [0.2, 0.25) is 0 Å². The molecule has 0 aliphatic rings. The highest BCUT2D eigenvalue weighted by atomic mass is 16.5. The molecule has 0 heterocycles. The molecule has 0 aliphatic heterocycles. The smallest absolute Gasteiger partial charge is 0.277 e. The van der Waals surface area contributed by atoms with Crippen molar-refractivity contribution in [2.75, 3.05) is 6.61 Å². The highest BCUT2D eigenvalue weighted by molar-refractivity contribution is 5.83. The molecule has 0 aliphatic carbocycles. The minimum atomic E-state index is -0.317. The van der Waals surface area contributed by atoms with Crippen LogP contribution >= 0.6 is 0 Å². The Balaban J connectivity index is 1.42. The van der Waals surface area contributed by atoms with Crippen molar-refractivity contribution in [1.82, 2.24) is 5.43 Å². The van der Waals surface area contributed by atoms with Crippen molar-refractivity contribution >= 4 is 12.1 Å². The molecule has 0 aromatic heterocycles. The number of carbonyl (C=O) groups is 1. The van der Waals surface area contributed by atoms with E-state index < -0.39 is 0 Å². The standard InChI is InChI=1S/C25H26N2O3/c1-18-4-7-22(8-5-18)16-29-23-12-9-21(10-13-23)15-26-27-25(28)17-30-24-11-6-19(2)20(3)14-24/h4-15H,16-17H2,1-3H3,(H,27,28). The summed E-state index contributed by atoms with van der Waals surface area (Å²) in [6.45, 7) is 6.52. The van der Waals surface area contributed by atoms with Gasteiger partial charge >= 0.3 is 0 Å². The molecule has 3 aromatic rings. The fourth-order valence-electron chi connectivity index (χ4n) is 2.66. The van der Waals surface area contributed by atoms with Gasteiger partial charge in [0, 0.05) is 0 Å². The quantitative estimate of drug-likeness (QED) is 0.438. The second-order valence-corrected chi connectivity index (χ2v) is 7.17. The second kappa shape index (κ2) is 10.3. The van der Waals surface area contributed by atoms with Crippen molar-refractivity contribution in [3.8, 4) is 11.5 Å². The fraction of sp³-hybridized carbons (Fsp3) is 0.200. The van der Waals surface area contributed by atoms with Gasteiger partial charge in [-0.2, -0.15) is 5.10 Å². The first-order valence-electron chi connectivity index (χ1n) is 9.80. The number of amides is 1. The molecule has 0 saturated carbocycles. The summed E-state index contributed by atoms with van der Waals surface area (Å²) < 4.78 is 11.3. The van der Waals surface area contributed by atoms with Crippen LogP contribution in [0.15, 0.2) is 71.8 Å². The summed E-state index contributed by atoms with van der Waals surface area (Å²) in [6.07, 6.45) is 1.58. The lowest BCUT2D eigenvalue weighted by molar-refractivity contribution is -0.123. The van der Waals surface area contributed by atoms with Crippen LogP contribution in [-0.4, -0.2) is 18.7 Å². The number of carbonyl (C=O) groups excluding carboxylic acids is 1. The number of benzene rings is 3. The molecule has 3 aromatic carbocycles. The van der Waals surface area contributed by atoms with E-state index in [0.717, 1.165) is 22.4 Å². The fourth-order valence-corrected chi connectivity index (χ4v) is 2.66. The first-order valence-corrected chi connectivity index (χ1v) is 9.80. The number of aryl methyl sites for hydroxylation is 3. The maximum atomic E-state index is 11.9. The van der Waals surface area contributed by atoms with E-state index >= 15 is 0 Å². The van der Waals surface area contributed by atoms with Crippen molar-refractivity contribution in [3.63, 3.8) is 0 Å². The largest absolute Gasteiger partial charge is 0.489 e. The van der Waals surface area contributed by atoms with Crippen LogP contribution < -0.4 is 14.9 Å². The summed E-state index contributed by atoms with van der Waals surface area (Å²) in [4.78, 5) is 11.9. The number of ether oxygens (including phenoxy) is 2. The van der Waals surface area contributed by atoms with Gasteiger partial charge in [-0.1, -0.05) is 35.9 Å². The van der Waals surface area contributed by atoms with Crippen molar-refractivity contribution in [2.45, 2.75) is 27.4 Å². The van der Waals surface area contributed by atoms with E-state index in [1.807, 2.05) is 56.3 Å². The molecular weight excluding hydrogens is 376 g/mol. The molecule has 0 unspecified atom stereocenters. The normalized spacial score (nSPS) is 10.8. The van der Waals surface area contributed by atoms with Gasteiger partial charge < -0.3 is 9.47 Å². The van der Waals surface area contributed by atoms with Gasteiger partial charge in [0.1, 0.15) is 18.1 Å². The summed E-state index contributed by atoms with van der Waals surface area (Å²) in [5, 5.41) is 3.97. The van der Waals surface area contributed by atoms with Gasteiger partial charge in [-0.3, -0.25) is 4.79 Å². The predicted octanol–water partition coefficient (Wildman–Crippen LogP) is 4.72. The van der Waals surface area contributed by atoms with Gasteiger partial charge in [-0.05, 0) is 79.4 Å². The highest BCUT2D eigenvalue weighted by Crippen LogP contribution is 2.16. The van der Waals surface area contributed by atoms with E-state index in [1.54, 1.807) is 6.21 Å². The lowest BCUT2D eigenvalue weighted by Crippen LogP contribution is -2.24. The number of nitrogens with zero attached hydrogens (tertiary/aromatic N) is 1. The third-order valence-electron chi connectivity index (χ3n) is 4.66. The van der Waals surface area contributed by atoms with Crippen LogP contribution in [-0.2, 0) is 11.4 Å². The molecule has 1 N–H and O–H groups in total. The first kappa shape index (κ1) is 21.1. The SMILES string of the molecule is Cc1ccc(COc2ccc(C=NNC(=O)COc3ccc(C)c(C)c3)cc2)cc1.